The van der Waals surface area contributed by atoms with E-state index in [4.69, 9.17) is 24.7 Å². The van der Waals surface area contributed by atoms with E-state index in [9.17, 15) is 10.5 Å². The fourth-order valence-corrected chi connectivity index (χ4v) is 7.39. The van der Waals surface area contributed by atoms with Gasteiger partial charge in [-0.25, -0.2) is 0 Å². The minimum atomic E-state index is -0.562. The fraction of sp³-hybridized carbons (Fsp3) is 0.346. The van der Waals surface area contributed by atoms with Crippen molar-refractivity contribution in [3.8, 4) is 34.7 Å². The normalized spacial score (nSPS) is 12.1. The largest absolute Gasteiger partial charge is 0.353 e. The molecule has 0 fully saturated rings. The quantitative estimate of drug-likeness (QED) is 0.0631. The molecular weight excluding hydrogens is 725 g/mol. The molecule has 2 aromatic heterocycles. The van der Waals surface area contributed by atoms with Crippen LogP contribution in [0, 0.1) is 22.7 Å². The summed E-state index contributed by atoms with van der Waals surface area (Å²) in [6.07, 6.45) is 23.3. The van der Waals surface area contributed by atoms with Crippen LogP contribution in [0.4, 0.5) is 0 Å². The van der Waals surface area contributed by atoms with Crippen LogP contribution in [0.1, 0.15) is 148 Å². The third kappa shape index (κ3) is 12.5. The Labute approximate surface area is 351 Å². The average Bonchev–Trinajstić information content (AvgIpc) is 3.30. The summed E-state index contributed by atoms with van der Waals surface area (Å²) in [7, 11) is 0. The maximum Gasteiger partial charge on any atom is 0.127 e. The molecule has 6 aromatic rings. The van der Waals surface area contributed by atoms with Gasteiger partial charge in [0.1, 0.15) is 12.2 Å². The van der Waals surface area contributed by atoms with E-state index in [2.05, 4.69) is 74.5 Å². The minimum Gasteiger partial charge on any atom is -0.353 e. The van der Waals surface area contributed by atoms with Gasteiger partial charge in [-0.1, -0.05) is 151 Å². The lowest BCUT2D eigenvalue weighted by Gasteiger charge is -2.25. The third-order valence-electron chi connectivity index (χ3n) is 11.0. The van der Waals surface area contributed by atoms with Crippen LogP contribution in [-0.2, 0) is 17.6 Å². The van der Waals surface area contributed by atoms with Crippen molar-refractivity contribution in [2.24, 2.45) is 0 Å². The van der Waals surface area contributed by atoms with Crippen LogP contribution in [-0.4, -0.2) is 19.9 Å². The molecule has 7 heteroatoms. The molecular formula is C52H56N6O. The Bertz CT molecular complexity index is 2060. The molecule has 0 saturated heterocycles. The minimum absolute atomic E-state index is 0.562. The molecule has 300 valence electrons. The first-order valence-corrected chi connectivity index (χ1v) is 21.6. The van der Waals surface area contributed by atoms with Crippen molar-refractivity contribution in [2.45, 2.75) is 116 Å². The molecule has 0 spiro atoms. The maximum atomic E-state index is 9.30. The molecule has 0 aliphatic rings. The van der Waals surface area contributed by atoms with Crippen molar-refractivity contribution in [3.05, 3.63) is 167 Å². The lowest BCUT2D eigenvalue weighted by molar-refractivity contribution is 0.0258. The van der Waals surface area contributed by atoms with Crippen molar-refractivity contribution in [1.82, 2.24) is 19.9 Å². The summed E-state index contributed by atoms with van der Waals surface area (Å²) in [5.41, 5.74) is 10.3. The Balaban J connectivity index is 1.31. The molecule has 2 unspecified atom stereocenters. The summed E-state index contributed by atoms with van der Waals surface area (Å²) >= 11 is 0. The zero-order valence-electron chi connectivity index (χ0n) is 34.7. The Morgan fingerprint density at radius 2 is 0.814 bits per heavy atom. The first kappa shape index (κ1) is 42.6. The lowest BCUT2D eigenvalue weighted by atomic mass is 9.99. The first-order chi connectivity index (χ1) is 29.1. The van der Waals surface area contributed by atoms with Crippen LogP contribution < -0.4 is 0 Å². The summed E-state index contributed by atoms with van der Waals surface area (Å²) in [6, 6.07) is 36.6. The topological polar surface area (TPSA) is 108 Å². The van der Waals surface area contributed by atoms with E-state index >= 15 is 0 Å². The van der Waals surface area contributed by atoms with Gasteiger partial charge < -0.3 is 4.74 Å². The predicted molar refractivity (Wildman–Crippen MR) is 236 cm³/mol. The predicted octanol–water partition coefficient (Wildman–Crippen LogP) is 13.0. The molecule has 0 radical (unpaired) electrons. The summed E-state index contributed by atoms with van der Waals surface area (Å²) in [5.74, 6) is 0. The van der Waals surface area contributed by atoms with Crippen LogP contribution >= 0.6 is 0 Å². The highest BCUT2D eigenvalue weighted by Crippen LogP contribution is 2.36. The molecule has 6 rings (SSSR count). The Kier molecular flexibility index (Phi) is 16.5. The number of hydrogen-bond acceptors (Lipinski definition) is 7. The molecule has 0 aliphatic heterocycles. The van der Waals surface area contributed by atoms with Gasteiger partial charge in [0.15, 0.2) is 0 Å². The highest BCUT2D eigenvalue weighted by molar-refractivity contribution is 5.60. The molecule has 2 heterocycles. The van der Waals surface area contributed by atoms with Gasteiger partial charge in [-0.15, -0.1) is 0 Å². The number of ether oxygens (including phenoxy) is 1. The summed E-state index contributed by atoms with van der Waals surface area (Å²) in [4.78, 5) is 19.6. The Morgan fingerprint density at radius 3 is 1.15 bits per heavy atom. The van der Waals surface area contributed by atoms with Crippen LogP contribution in [0.15, 0.2) is 122 Å². The van der Waals surface area contributed by atoms with E-state index in [0.717, 1.165) is 35.1 Å². The van der Waals surface area contributed by atoms with Gasteiger partial charge in [0, 0.05) is 11.1 Å². The summed E-state index contributed by atoms with van der Waals surface area (Å²) in [5, 5.41) is 18.6. The molecule has 4 aromatic carbocycles. The summed E-state index contributed by atoms with van der Waals surface area (Å²) < 4.78 is 7.22. The lowest BCUT2D eigenvalue weighted by Crippen LogP contribution is -2.16. The van der Waals surface area contributed by atoms with Crippen LogP contribution in [0.2, 0.25) is 0 Å². The van der Waals surface area contributed by atoms with Gasteiger partial charge in [0.25, 0.3) is 0 Å². The van der Waals surface area contributed by atoms with E-state index in [0.29, 0.717) is 33.9 Å². The van der Waals surface area contributed by atoms with Crippen LogP contribution in [0.25, 0.3) is 22.5 Å². The second-order valence-electron chi connectivity index (χ2n) is 15.4. The van der Waals surface area contributed by atoms with Gasteiger partial charge in [-0.05, 0) is 72.2 Å². The van der Waals surface area contributed by atoms with E-state index < -0.39 is 12.2 Å². The van der Waals surface area contributed by atoms with Crippen molar-refractivity contribution < 1.29 is 4.74 Å². The molecule has 0 N–H and O–H groups in total. The van der Waals surface area contributed by atoms with Crippen molar-refractivity contribution in [3.63, 3.8) is 0 Å². The maximum absolute atomic E-state index is 9.30. The number of rotatable bonds is 22. The van der Waals surface area contributed by atoms with Crippen LogP contribution in [0.5, 0.6) is 0 Å². The van der Waals surface area contributed by atoms with Gasteiger partial charge in [0.05, 0.1) is 70.8 Å². The monoisotopic (exact) mass is 780 g/mol. The van der Waals surface area contributed by atoms with E-state index in [-0.39, 0.29) is 0 Å². The Morgan fingerprint density at radius 1 is 0.441 bits per heavy atom. The zero-order chi connectivity index (χ0) is 41.1. The van der Waals surface area contributed by atoms with Gasteiger partial charge in [0.2, 0.25) is 0 Å². The van der Waals surface area contributed by atoms with Crippen LogP contribution in [0.3, 0.4) is 0 Å². The number of unbranched alkanes of at least 4 members (excludes halogenated alkanes) is 10. The number of aromatic nitrogens is 4. The molecule has 0 bridgehead atoms. The number of hydrogen-bond donors (Lipinski definition) is 0. The molecule has 7 nitrogen and oxygen atoms in total. The van der Waals surface area contributed by atoms with Gasteiger partial charge in [-0.3, -0.25) is 19.9 Å². The third-order valence-corrected chi connectivity index (χ3v) is 11.0. The highest BCUT2D eigenvalue weighted by atomic mass is 16.5. The SMILES string of the molecule is CCCCCCCCc1ccc(C(OC(c2ccc(CCCCCCCC)cc2)c2cnc(-c3ccc(C#N)cc3)cn2)c2cnc(-c3ccc(C#N)cc3)cn2)cc1. The number of nitrogens with zero attached hydrogens (tertiary/aromatic N) is 6. The first-order valence-electron chi connectivity index (χ1n) is 21.6. The smallest absolute Gasteiger partial charge is 0.127 e. The van der Waals surface area contributed by atoms with E-state index in [1.54, 1.807) is 49.1 Å². The van der Waals surface area contributed by atoms with E-state index in [1.165, 1.54) is 88.2 Å². The number of aryl methyl sites for hydroxylation is 2. The average molecular weight is 781 g/mol. The van der Waals surface area contributed by atoms with E-state index in [1.807, 2.05) is 24.3 Å². The fourth-order valence-electron chi connectivity index (χ4n) is 7.39. The number of benzene rings is 4. The Hall–Kier alpha value is -6.02. The highest BCUT2D eigenvalue weighted by Gasteiger charge is 2.26. The van der Waals surface area contributed by atoms with Gasteiger partial charge in [-0.2, -0.15) is 10.5 Å². The van der Waals surface area contributed by atoms with Gasteiger partial charge >= 0.3 is 0 Å². The zero-order valence-corrected chi connectivity index (χ0v) is 34.7. The summed E-state index contributed by atoms with van der Waals surface area (Å²) in [6.45, 7) is 4.51. The number of nitriles is 2. The standard InChI is InChI=1S/C52H56N6O/c1-3-5-7-9-11-13-15-39-17-29-45(30-18-39)51(49-37-55-47(35-57-49)43-25-21-41(33-53)22-26-43)59-52(46-31-19-40(20-32-46)16-14-12-10-8-6-4-2)50-38-56-48(36-58-50)44-27-23-42(34-54)24-28-44/h17-32,35-38,51-52H,3-16H2,1-2H3. The molecule has 59 heavy (non-hydrogen) atoms. The van der Waals surface area contributed by atoms with Crippen molar-refractivity contribution in [2.75, 3.05) is 0 Å². The molecule has 0 amide bonds. The second-order valence-corrected chi connectivity index (χ2v) is 15.4. The molecule has 0 aliphatic carbocycles. The molecule has 0 saturated carbocycles. The second kappa shape index (κ2) is 22.8. The molecule has 2 atom stereocenters. The van der Waals surface area contributed by atoms with Crippen molar-refractivity contribution >= 4 is 0 Å². The van der Waals surface area contributed by atoms with Crippen molar-refractivity contribution in [1.29, 1.82) is 10.5 Å².